The number of hydrogen-bond donors (Lipinski definition) is 0. The van der Waals surface area contributed by atoms with Crippen molar-refractivity contribution in [1.29, 1.82) is 0 Å². The van der Waals surface area contributed by atoms with E-state index in [9.17, 15) is 8.78 Å². The van der Waals surface area contributed by atoms with Crippen molar-refractivity contribution >= 4 is 23.3 Å². The molecule has 0 N–H and O–H groups in total. The molecule has 0 atom stereocenters. The zero-order valence-electron chi connectivity index (χ0n) is 17.5. The highest BCUT2D eigenvalue weighted by Gasteiger charge is 2.32. The topological polar surface area (TPSA) is 11.3 Å². The monoisotopic (exact) mass is 415 g/mol. The van der Waals surface area contributed by atoms with E-state index >= 15 is 0 Å². The second-order valence-electron chi connectivity index (χ2n) is 8.40. The van der Waals surface area contributed by atoms with Crippen LogP contribution in [0.1, 0.15) is 65.9 Å². The van der Waals surface area contributed by atoms with E-state index < -0.39 is 0 Å². The second kappa shape index (κ2) is 8.58. The molecule has 2 aliphatic rings. The van der Waals surface area contributed by atoms with E-state index in [0.717, 1.165) is 67.6 Å². The molecule has 0 bridgehead atoms. The average Bonchev–Trinajstić information content (AvgIpc) is 2.97. The Hall–Kier alpha value is -3.07. The molecule has 0 saturated heterocycles. The molecule has 1 nitrogen and oxygen atoms in total. The van der Waals surface area contributed by atoms with Crippen molar-refractivity contribution in [3.8, 4) is 0 Å². The first-order chi connectivity index (χ1) is 15.2. The Balaban J connectivity index is 1.64. The van der Waals surface area contributed by atoms with Gasteiger partial charge in [-0.05, 0) is 75.3 Å². The summed E-state index contributed by atoms with van der Waals surface area (Å²) in [6, 6.07) is 16.0. The van der Waals surface area contributed by atoms with Crippen molar-refractivity contribution in [2.45, 2.75) is 44.9 Å². The van der Waals surface area contributed by atoms with Crippen LogP contribution in [-0.2, 0) is 12.8 Å². The molecule has 3 heteroatoms. The van der Waals surface area contributed by atoms with Crippen molar-refractivity contribution in [1.82, 2.24) is 0 Å². The molecule has 0 aliphatic heterocycles. The lowest BCUT2D eigenvalue weighted by Gasteiger charge is -2.13. The summed E-state index contributed by atoms with van der Waals surface area (Å²) in [5.41, 5.74) is 5.63. The number of allylic oxidation sites excluding steroid dienone is 2. The summed E-state index contributed by atoms with van der Waals surface area (Å²) in [7, 11) is 0. The van der Waals surface area contributed by atoms with Crippen LogP contribution in [0.4, 0.5) is 8.78 Å². The standard InChI is InChI=1S/C28H25F2O/c29-25-14-5-3-8-19(25)16-21-10-1-2-11-22-18-24-13-7-12-23(28(24)31-27(21)22)17-20-9-4-6-15-26(20)30/h3-6,8-9,14-18H,1-2,7,10-13H2/q+1/b21-16+,23-17+. The van der Waals surface area contributed by atoms with Crippen LogP contribution in [0.5, 0.6) is 0 Å². The molecule has 2 aromatic carbocycles. The van der Waals surface area contributed by atoms with Gasteiger partial charge in [0.25, 0.3) is 0 Å². The Morgan fingerprint density at radius 3 is 1.68 bits per heavy atom. The number of halogens is 2. The van der Waals surface area contributed by atoms with Crippen LogP contribution in [-0.4, -0.2) is 0 Å². The van der Waals surface area contributed by atoms with E-state index in [2.05, 4.69) is 6.07 Å². The minimum absolute atomic E-state index is 0.223. The highest BCUT2D eigenvalue weighted by molar-refractivity contribution is 5.84. The summed E-state index contributed by atoms with van der Waals surface area (Å²) in [5, 5.41) is 0. The normalized spacial score (nSPS) is 18.5. The lowest BCUT2D eigenvalue weighted by molar-refractivity contribution is 0.495. The zero-order chi connectivity index (χ0) is 21.2. The summed E-state index contributed by atoms with van der Waals surface area (Å²) in [5.74, 6) is 1.27. The van der Waals surface area contributed by atoms with Crippen molar-refractivity contribution in [3.63, 3.8) is 0 Å². The summed E-state index contributed by atoms with van der Waals surface area (Å²) in [6.07, 6.45) is 10.7. The van der Waals surface area contributed by atoms with E-state index in [1.807, 2.05) is 24.3 Å². The third-order valence-electron chi connectivity index (χ3n) is 6.22. The van der Waals surface area contributed by atoms with Gasteiger partial charge in [0, 0.05) is 11.1 Å². The molecular formula is C28H25F2O+. The fraction of sp³-hybridized carbons (Fsp3) is 0.250. The largest absolute Gasteiger partial charge is 0.359 e. The summed E-state index contributed by atoms with van der Waals surface area (Å²) >= 11 is 0. The summed E-state index contributed by atoms with van der Waals surface area (Å²) in [6.45, 7) is 0. The van der Waals surface area contributed by atoms with Gasteiger partial charge in [-0.3, -0.25) is 0 Å². The van der Waals surface area contributed by atoms with Gasteiger partial charge in [-0.15, -0.1) is 0 Å². The Kier molecular flexibility index (Phi) is 5.50. The minimum Gasteiger partial charge on any atom is -0.207 e. The smallest absolute Gasteiger partial charge is 0.207 e. The van der Waals surface area contributed by atoms with Crippen LogP contribution in [0, 0.1) is 11.6 Å². The minimum atomic E-state index is -0.225. The second-order valence-corrected chi connectivity index (χ2v) is 8.40. The number of rotatable bonds is 2. The highest BCUT2D eigenvalue weighted by atomic mass is 19.1. The zero-order valence-corrected chi connectivity index (χ0v) is 17.5. The maximum atomic E-state index is 14.3. The van der Waals surface area contributed by atoms with Gasteiger partial charge in [-0.2, -0.15) is 0 Å². The predicted molar refractivity (Wildman–Crippen MR) is 122 cm³/mol. The highest BCUT2D eigenvalue weighted by Crippen LogP contribution is 2.39. The Morgan fingerprint density at radius 1 is 0.613 bits per heavy atom. The van der Waals surface area contributed by atoms with Gasteiger partial charge in [0.1, 0.15) is 11.6 Å². The van der Waals surface area contributed by atoms with Gasteiger partial charge in [0.2, 0.25) is 0 Å². The van der Waals surface area contributed by atoms with Crippen LogP contribution in [0.25, 0.3) is 23.3 Å². The summed E-state index contributed by atoms with van der Waals surface area (Å²) < 4.78 is 35.2. The van der Waals surface area contributed by atoms with Gasteiger partial charge in [-0.25, -0.2) is 13.2 Å². The third-order valence-corrected chi connectivity index (χ3v) is 6.22. The molecule has 0 saturated carbocycles. The maximum absolute atomic E-state index is 14.3. The molecular weight excluding hydrogens is 390 g/mol. The number of benzene rings is 2. The Bertz CT molecular complexity index is 1190. The first-order valence-electron chi connectivity index (χ1n) is 11.1. The van der Waals surface area contributed by atoms with Gasteiger partial charge < -0.3 is 0 Å². The molecule has 2 aliphatic carbocycles. The number of aryl methyl sites for hydroxylation is 2. The number of fused-ring (bicyclic) bond motifs is 2. The Labute approximate surface area is 181 Å². The van der Waals surface area contributed by atoms with E-state index in [-0.39, 0.29) is 11.6 Å². The molecule has 5 rings (SSSR count). The number of hydrogen-bond acceptors (Lipinski definition) is 0. The summed E-state index contributed by atoms with van der Waals surface area (Å²) in [4.78, 5) is 0. The molecule has 156 valence electrons. The van der Waals surface area contributed by atoms with Crippen molar-refractivity contribution in [2.75, 3.05) is 0 Å². The maximum Gasteiger partial charge on any atom is 0.359 e. The SMILES string of the molecule is Fc1ccccc1/C=C1\CCCCc2cc3c([o+]c21)/C(=C/c1ccccc1F)CCC3. The van der Waals surface area contributed by atoms with Crippen molar-refractivity contribution < 1.29 is 13.2 Å². The predicted octanol–water partition coefficient (Wildman–Crippen LogP) is 7.98. The van der Waals surface area contributed by atoms with Crippen LogP contribution in [0.15, 0.2) is 59.0 Å². The van der Waals surface area contributed by atoms with Crippen LogP contribution in [0.3, 0.4) is 0 Å². The quantitative estimate of drug-likeness (QED) is 0.305. The molecule has 1 aromatic heterocycles. The first kappa shape index (κ1) is 19.9. The van der Waals surface area contributed by atoms with Crippen LogP contribution in [0.2, 0.25) is 0 Å². The van der Waals surface area contributed by atoms with E-state index in [1.165, 1.54) is 23.3 Å². The molecule has 0 spiro atoms. The van der Waals surface area contributed by atoms with E-state index in [0.29, 0.717) is 11.1 Å². The van der Waals surface area contributed by atoms with E-state index in [1.54, 1.807) is 24.3 Å². The Morgan fingerprint density at radius 2 is 1.10 bits per heavy atom. The van der Waals surface area contributed by atoms with Gasteiger partial charge in [-0.1, -0.05) is 36.4 Å². The molecule has 0 fully saturated rings. The molecule has 3 aromatic rings. The van der Waals surface area contributed by atoms with Crippen molar-refractivity contribution in [2.24, 2.45) is 0 Å². The molecule has 0 amide bonds. The first-order valence-corrected chi connectivity index (χ1v) is 11.1. The lowest BCUT2D eigenvalue weighted by atomic mass is 9.89. The lowest BCUT2D eigenvalue weighted by Crippen LogP contribution is -2.05. The van der Waals surface area contributed by atoms with Gasteiger partial charge >= 0.3 is 11.5 Å². The molecule has 0 radical (unpaired) electrons. The van der Waals surface area contributed by atoms with Crippen LogP contribution < -0.4 is 0 Å². The molecule has 31 heavy (non-hydrogen) atoms. The van der Waals surface area contributed by atoms with E-state index in [4.69, 9.17) is 4.42 Å². The fourth-order valence-electron chi connectivity index (χ4n) is 4.65. The fourth-order valence-corrected chi connectivity index (χ4v) is 4.65. The average molecular weight is 416 g/mol. The van der Waals surface area contributed by atoms with Gasteiger partial charge in [0.15, 0.2) is 0 Å². The van der Waals surface area contributed by atoms with Gasteiger partial charge in [0.05, 0.1) is 22.3 Å². The van der Waals surface area contributed by atoms with Crippen LogP contribution >= 0.6 is 0 Å². The third kappa shape index (κ3) is 4.10. The molecule has 0 unspecified atom stereocenters. The molecule has 1 heterocycles. The van der Waals surface area contributed by atoms with Crippen molar-refractivity contribution in [3.05, 3.63) is 100 Å².